The molecule has 3 heterocycles. The van der Waals surface area contributed by atoms with Gasteiger partial charge in [0.25, 0.3) is 0 Å². The van der Waals surface area contributed by atoms with Gasteiger partial charge in [0.15, 0.2) is 26.7 Å². The number of sulfone groups is 1. The van der Waals surface area contributed by atoms with Gasteiger partial charge in [-0.15, -0.1) is 0 Å². The van der Waals surface area contributed by atoms with Gasteiger partial charge in [-0.3, -0.25) is 23.2 Å². The molecule has 0 spiro atoms. The van der Waals surface area contributed by atoms with Crippen LogP contribution in [0.1, 0.15) is 64.2 Å². The normalized spacial score (nSPS) is 28.0. The van der Waals surface area contributed by atoms with Crippen molar-refractivity contribution in [2.75, 3.05) is 30.1 Å². The van der Waals surface area contributed by atoms with Crippen LogP contribution in [-0.4, -0.2) is 95.5 Å². The van der Waals surface area contributed by atoms with E-state index in [2.05, 4.69) is 10.3 Å². The number of aliphatic hydroxyl groups excluding tert-OH is 2. The summed E-state index contributed by atoms with van der Waals surface area (Å²) in [4.78, 5) is 28.7. The average molecular weight is 763 g/mol. The van der Waals surface area contributed by atoms with Gasteiger partial charge in [0.2, 0.25) is 13.6 Å². The van der Waals surface area contributed by atoms with Crippen molar-refractivity contribution in [3.05, 3.63) is 23.0 Å². The molecule has 4 aliphatic rings. The van der Waals surface area contributed by atoms with Gasteiger partial charge < -0.3 is 34.3 Å². The zero-order valence-electron chi connectivity index (χ0n) is 27.1. The number of carbonyl (C=O) groups is 2. The van der Waals surface area contributed by atoms with Gasteiger partial charge in [-0.05, 0) is 58.4 Å². The molecular formula is C30H37ClFN4O12PS. The molecule has 0 aromatic carbocycles. The second-order valence-corrected chi connectivity index (χ2v) is 18.8. The van der Waals surface area contributed by atoms with Crippen LogP contribution < -0.4 is 5.32 Å². The molecule has 6 rings (SSSR count). The number of rotatable bonds is 15. The van der Waals surface area contributed by atoms with E-state index >= 15 is 0 Å². The van der Waals surface area contributed by atoms with Crippen LogP contribution in [-0.2, 0) is 47.2 Å². The zero-order valence-corrected chi connectivity index (χ0v) is 29.6. The SMILES string of the molecule is CC1(C(=O)OCOP(=O)(CS(=O)(=O)C[C@H]2O[C@@H](n3ccc4c(N[C@H]5C[C@@H](F)C5)c(C#N)c(Cl)nc43)[C@H](O)[C@@H]2O)OCOC(=O)C2(C)CC2)CC1. The van der Waals surface area contributed by atoms with Crippen molar-refractivity contribution in [1.82, 2.24) is 9.55 Å². The number of hydrogen-bond donors (Lipinski definition) is 3. The minimum absolute atomic E-state index is 0.0259. The van der Waals surface area contributed by atoms with E-state index in [1.165, 1.54) is 10.8 Å². The van der Waals surface area contributed by atoms with E-state index in [4.69, 9.17) is 34.9 Å². The molecule has 4 fully saturated rings. The van der Waals surface area contributed by atoms with Crippen molar-refractivity contribution in [3.8, 4) is 6.07 Å². The zero-order chi connectivity index (χ0) is 36.2. The molecule has 50 heavy (non-hydrogen) atoms. The molecule has 0 amide bonds. The third-order valence-corrected chi connectivity index (χ3v) is 14.6. The summed E-state index contributed by atoms with van der Waals surface area (Å²) in [6.45, 7) is 1.54. The lowest BCUT2D eigenvalue weighted by molar-refractivity contribution is -0.158. The maximum absolute atomic E-state index is 13.6. The van der Waals surface area contributed by atoms with E-state index in [0.717, 1.165) is 0 Å². The predicted octanol–water partition coefficient (Wildman–Crippen LogP) is 3.29. The Bertz CT molecular complexity index is 1830. The van der Waals surface area contributed by atoms with E-state index < -0.39 is 95.7 Å². The van der Waals surface area contributed by atoms with Crippen molar-refractivity contribution in [3.63, 3.8) is 0 Å². The molecule has 2 aromatic heterocycles. The fraction of sp³-hybridized carbons (Fsp3) is 0.667. The van der Waals surface area contributed by atoms with Crippen molar-refractivity contribution >= 4 is 57.7 Å². The topological polar surface area (TPSA) is 226 Å². The highest BCUT2D eigenvalue weighted by atomic mass is 35.5. The first-order valence-electron chi connectivity index (χ1n) is 15.9. The minimum Gasteiger partial charge on any atom is -0.438 e. The van der Waals surface area contributed by atoms with E-state index in [-0.39, 0.29) is 35.2 Å². The Hall–Kier alpha value is -2.88. The number of ether oxygens (including phenoxy) is 3. The number of fused-ring (bicyclic) bond motifs is 1. The molecule has 3 N–H and O–H groups in total. The summed E-state index contributed by atoms with van der Waals surface area (Å²) in [6.07, 6.45) is -3.07. The molecule has 1 saturated heterocycles. The fourth-order valence-electron chi connectivity index (χ4n) is 5.67. The van der Waals surface area contributed by atoms with Crippen molar-refractivity contribution in [2.45, 2.75) is 89.1 Å². The largest absolute Gasteiger partial charge is 0.438 e. The highest BCUT2D eigenvalue weighted by Gasteiger charge is 2.49. The summed E-state index contributed by atoms with van der Waals surface area (Å²) in [6, 6.07) is 3.28. The number of halogens is 2. The summed E-state index contributed by atoms with van der Waals surface area (Å²) in [5.41, 5.74) is -2.23. The first-order valence-corrected chi connectivity index (χ1v) is 19.8. The molecule has 3 aliphatic carbocycles. The summed E-state index contributed by atoms with van der Waals surface area (Å²) in [5.74, 6) is -2.21. The number of anilines is 1. The number of pyridine rings is 1. The van der Waals surface area contributed by atoms with Gasteiger partial charge >= 0.3 is 19.5 Å². The van der Waals surface area contributed by atoms with Gasteiger partial charge in [-0.2, -0.15) is 5.26 Å². The summed E-state index contributed by atoms with van der Waals surface area (Å²) in [7, 11) is -9.16. The molecule has 20 heteroatoms. The van der Waals surface area contributed by atoms with Crippen LogP contribution in [0.4, 0.5) is 10.1 Å². The predicted molar refractivity (Wildman–Crippen MR) is 172 cm³/mol. The Morgan fingerprint density at radius 1 is 1.14 bits per heavy atom. The molecule has 1 aliphatic heterocycles. The molecule has 4 atom stereocenters. The van der Waals surface area contributed by atoms with Gasteiger partial charge in [0.05, 0.1) is 22.3 Å². The number of esters is 2. The highest BCUT2D eigenvalue weighted by Crippen LogP contribution is 2.52. The Labute approximate surface area is 291 Å². The molecule has 16 nitrogen and oxygen atoms in total. The standard InChI is InChI=1S/C30H37ClFN4O12PS/c1-29(4-5-29)27(39)44-13-46-49(41,47-14-45-28(40)30(2)6-7-30)15-50(42,43)12-20-22(37)23(38)26(48-20)36-8-3-18-21(34-17-9-16(32)10-17)19(11-33)24(31)35-25(18)36/h3,8,16-17,20,22-23,26,37-38H,4-7,9-10,12-15H2,1-2H3,(H,34,35)/t16-,17+,20-,22-,23-,26-/m1/s1. The summed E-state index contributed by atoms with van der Waals surface area (Å²) >= 11 is 6.32. The number of hydrogen-bond acceptors (Lipinski definition) is 15. The molecule has 0 bridgehead atoms. The second kappa shape index (κ2) is 13.6. The summed E-state index contributed by atoms with van der Waals surface area (Å²) in [5, 5.41) is 34.9. The van der Waals surface area contributed by atoms with Crippen molar-refractivity contribution in [2.24, 2.45) is 10.8 Å². The molecule has 274 valence electrons. The van der Waals surface area contributed by atoms with Crippen LogP contribution in [0, 0.1) is 22.2 Å². The third kappa shape index (κ3) is 7.65. The van der Waals surface area contributed by atoms with Gasteiger partial charge in [0, 0.05) is 17.6 Å². The Morgan fingerprint density at radius 2 is 1.72 bits per heavy atom. The van der Waals surface area contributed by atoms with E-state index in [0.29, 0.717) is 36.8 Å². The lowest BCUT2D eigenvalue weighted by Crippen LogP contribution is -2.36. The number of nitrogens with one attached hydrogen (secondary N) is 1. The number of aliphatic hydroxyl groups is 2. The first kappa shape index (κ1) is 36.9. The number of alkyl halides is 1. The smallest absolute Gasteiger partial charge is 0.351 e. The number of nitriles is 1. The number of nitrogens with zero attached hydrogens (tertiary/aromatic N) is 3. The van der Waals surface area contributed by atoms with E-state index in [1.54, 1.807) is 19.9 Å². The van der Waals surface area contributed by atoms with Crippen LogP contribution in [0.3, 0.4) is 0 Å². The van der Waals surface area contributed by atoms with E-state index in [1.807, 2.05) is 6.07 Å². The van der Waals surface area contributed by atoms with Crippen LogP contribution >= 0.6 is 19.2 Å². The van der Waals surface area contributed by atoms with E-state index in [9.17, 15) is 42.4 Å². The van der Waals surface area contributed by atoms with Crippen LogP contribution in [0.2, 0.25) is 5.15 Å². The van der Waals surface area contributed by atoms with Crippen molar-refractivity contribution in [1.29, 1.82) is 5.26 Å². The van der Waals surface area contributed by atoms with Crippen LogP contribution in [0.15, 0.2) is 12.3 Å². The third-order valence-electron chi connectivity index (χ3n) is 9.61. The Kier molecular flexibility index (Phi) is 10.0. The lowest BCUT2D eigenvalue weighted by Gasteiger charge is -2.31. The lowest BCUT2D eigenvalue weighted by atomic mass is 9.90. The quantitative estimate of drug-likeness (QED) is 0.102. The number of carbonyl (C=O) groups excluding carboxylic acids is 2. The molecule has 0 unspecified atom stereocenters. The van der Waals surface area contributed by atoms with Gasteiger partial charge in [0.1, 0.15) is 41.8 Å². The summed E-state index contributed by atoms with van der Waals surface area (Å²) < 4.78 is 81.4. The maximum Gasteiger partial charge on any atom is 0.351 e. The molecule has 3 saturated carbocycles. The monoisotopic (exact) mass is 762 g/mol. The Morgan fingerprint density at radius 3 is 2.24 bits per heavy atom. The fourth-order valence-corrected chi connectivity index (χ4v) is 10.1. The molecule has 0 radical (unpaired) electrons. The second-order valence-electron chi connectivity index (χ2n) is 13.8. The highest BCUT2D eigenvalue weighted by molar-refractivity contribution is 7.97. The van der Waals surface area contributed by atoms with Crippen LogP contribution in [0.5, 0.6) is 0 Å². The first-order chi connectivity index (χ1) is 23.5. The number of aromatic nitrogens is 2. The minimum atomic E-state index is -4.67. The molecular weight excluding hydrogens is 726 g/mol. The van der Waals surface area contributed by atoms with Gasteiger partial charge in [-0.1, -0.05) is 11.6 Å². The molecule has 2 aromatic rings. The average Bonchev–Trinajstić information content (AvgIpc) is 3.91. The van der Waals surface area contributed by atoms with Gasteiger partial charge in [-0.25, -0.2) is 17.8 Å². The van der Waals surface area contributed by atoms with Crippen LogP contribution in [0.25, 0.3) is 11.0 Å². The maximum atomic E-state index is 13.6. The Balaban J connectivity index is 1.16. The van der Waals surface area contributed by atoms with Crippen molar-refractivity contribution < 1.29 is 60.4 Å².